The summed E-state index contributed by atoms with van der Waals surface area (Å²) < 4.78 is 69.2. The molecule has 5 atom stereocenters. The number of hydrogen-bond acceptors (Lipinski definition) is 15. The van der Waals surface area contributed by atoms with E-state index in [2.05, 4.69) is 34.6 Å². The summed E-state index contributed by atoms with van der Waals surface area (Å²) in [6.45, 7) is 7.38. The molecule has 0 aromatic rings. The quantitative estimate of drug-likeness (QED) is 0.0222. The summed E-state index contributed by atoms with van der Waals surface area (Å²) in [5.41, 5.74) is 0. The van der Waals surface area contributed by atoms with Crippen LogP contribution < -0.4 is 0 Å². The fourth-order valence-corrected chi connectivity index (χ4v) is 16.6. The maximum atomic E-state index is 13.2. The van der Waals surface area contributed by atoms with Gasteiger partial charge in [-0.2, -0.15) is 0 Å². The van der Waals surface area contributed by atoms with E-state index in [1.807, 2.05) is 0 Å². The summed E-state index contributed by atoms with van der Waals surface area (Å²) in [6.07, 6.45) is 85.1. The van der Waals surface area contributed by atoms with Gasteiger partial charge in [-0.15, -0.1) is 0 Å². The molecule has 2 unspecified atom stereocenters. The number of rotatable bonds is 95. The number of carbonyl (C=O) groups is 4. The van der Waals surface area contributed by atoms with E-state index in [4.69, 9.17) is 37.0 Å². The predicted molar refractivity (Wildman–Crippen MR) is 474 cm³/mol. The van der Waals surface area contributed by atoms with Gasteiger partial charge in [0.15, 0.2) is 12.2 Å². The molecule has 678 valence electrons. The highest BCUT2D eigenvalue weighted by atomic mass is 31.2. The van der Waals surface area contributed by atoms with Crippen molar-refractivity contribution in [3.8, 4) is 0 Å². The van der Waals surface area contributed by atoms with Crippen molar-refractivity contribution >= 4 is 39.5 Å². The van der Waals surface area contributed by atoms with Gasteiger partial charge in [0.1, 0.15) is 19.3 Å². The van der Waals surface area contributed by atoms with Gasteiger partial charge in [-0.25, -0.2) is 9.13 Å². The number of aliphatic hydroxyl groups is 1. The van der Waals surface area contributed by atoms with Crippen molar-refractivity contribution < 1.29 is 80.2 Å². The van der Waals surface area contributed by atoms with Crippen molar-refractivity contribution in [1.82, 2.24) is 0 Å². The molecule has 0 aromatic carbocycles. The van der Waals surface area contributed by atoms with Gasteiger partial charge in [-0.3, -0.25) is 37.3 Å². The Morgan fingerprint density at radius 2 is 0.404 bits per heavy atom. The van der Waals surface area contributed by atoms with Gasteiger partial charge in [-0.1, -0.05) is 471 Å². The van der Waals surface area contributed by atoms with Crippen molar-refractivity contribution in [3.05, 3.63) is 0 Å². The minimum atomic E-state index is -4.97. The molecule has 19 heteroatoms. The van der Waals surface area contributed by atoms with E-state index in [9.17, 15) is 43.2 Å². The highest BCUT2D eigenvalue weighted by Crippen LogP contribution is 2.45. The van der Waals surface area contributed by atoms with E-state index < -0.39 is 97.5 Å². The first kappa shape index (κ1) is 112. The zero-order chi connectivity index (χ0) is 83.3. The van der Waals surface area contributed by atoms with Crippen LogP contribution in [0.2, 0.25) is 0 Å². The van der Waals surface area contributed by atoms with Gasteiger partial charge >= 0.3 is 39.5 Å². The lowest BCUT2D eigenvalue weighted by atomic mass is 10.0. The van der Waals surface area contributed by atoms with Gasteiger partial charge < -0.3 is 33.8 Å². The van der Waals surface area contributed by atoms with Crippen molar-refractivity contribution in [3.63, 3.8) is 0 Å². The Hall–Kier alpha value is -1.94. The van der Waals surface area contributed by atoms with Gasteiger partial charge in [0.05, 0.1) is 26.4 Å². The lowest BCUT2D eigenvalue weighted by Gasteiger charge is -2.21. The van der Waals surface area contributed by atoms with Crippen LogP contribution in [0.1, 0.15) is 523 Å². The molecule has 0 rings (SSSR count). The van der Waals surface area contributed by atoms with E-state index in [-0.39, 0.29) is 25.7 Å². The van der Waals surface area contributed by atoms with Crippen LogP contribution in [0.15, 0.2) is 0 Å². The van der Waals surface area contributed by atoms with Crippen molar-refractivity contribution in [2.24, 2.45) is 5.92 Å². The van der Waals surface area contributed by atoms with E-state index in [0.29, 0.717) is 25.7 Å². The van der Waals surface area contributed by atoms with E-state index in [1.54, 1.807) is 0 Å². The second-order valence-corrected chi connectivity index (χ2v) is 37.5. The molecule has 0 bridgehead atoms. The Kier molecular flexibility index (Phi) is 85.9. The molecular weight excluding hydrogens is 1470 g/mol. The third-order valence-electron chi connectivity index (χ3n) is 22.5. The summed E-state index contributed by atoms with van der Waals surface area (Å²) >= 11 is 0. The minimum absolute atomic E-state index is 0.109. The van der Waals surface area contributed by atoms with Crippen molar-refractivity contribution in [1.29, 1.82) is 0 Å². The lowest BCUT2D eigenvalue weighted by Crippen LogP contribution is -2.30. The molecule has 0 aliphatic heterocycles. The predicted octanol–water partition coefficient (Wildman–Crippen LogP) is 29.9. The molecule has 0 radical (unpaired) electrons. The number of phosphoric ester groups is 2. The van der Waals surface area contributed by atoms with E-state index in [0.717, 1.165) is 95.8 Å². The Bertz CT molecular complexity index is 2150. The van der Waals surface area contributed by atoms with Crippen LogP contribution in [-0.2, 0) is 65.4 Å². The topological polar surface area (TPSA) is 237 Å². The molecule has 0 aliphatic carbocycles. The van der Waals surface area contributed by atoms with Crippen LogP contribution >= 0.6 is 15.6 Å². The van der Waals surface area contributed by atoms with Crippen molar-refractivity contribution in [2.45, 2.75) is 541 Å². The highest BCUT2D eigenvalue weighted by molar-refractivity contribution is 7.47. The molecule has 0 fully saturated rings. The van der Waals surface area contributed by atoms with Gasteiger partial charge in [0.2, 0.25) is 0 Å². The second-order valence-electron chi connectivity index (χ2n) is 34.6. The largest absolute Gasteiger partial charge is 0.472 e. The molecule has 114 heavy (non-hydrogen) atoms. The monoisotopic (exact) mass is 1660 g/mol. The number of phosphoric acid groups is 2. The number of unbranched alkanes of at least 4 members (excludes halogenated alkanes) is 67. The van der Waals surface area contributed by atoms with Crippen LogP contribution in [0, 0.1) is 5.92 Å². The molecule has 0 spiro atoms. The van der Waals surface area contributed by atoms with Crippen molar-refractivity contribution in [2.75, 3.05) is 39.6 Å². The molecule has 0 aromatic heterocycles. The van der Waals surface area contributed by atoms with E-state index >= 15 is 0 Å². The Labute approximate surface area is 702 Å². The normalized spacial score (nSPS) is 13.6. The summed E-state index contributed by atoms with van der Waals surface area (Å²) in [4.78, 5) is 73.5. The van der Waals surface area contributed by atoms with Gasteiger partial charge in [0, 0.05) is 25.7 Å². The molecule has 0 saturated heterocycles. The first-order chi connectivity index (χ1) is 55.5. The fraction of sp³-hybridized carbons (Fsp3) is 0.958. The number of aliphatic hydroxyl groups excluding tert-OH is 1. The molecule has 0 heterocycles. The molecular formula is C95H186O17P2. The molecule has 3 N–H and O–H groups in total. The minimum Gasteiger partial charge on any atom is -0.462 e. The van der Waals surface area contributed by atoms with Crippen LogP contribution in [0.25, 0.3) is 0 Å². The van der Waals surface area contributed by atoms with E-state index in [1.165, 1.54) is 347 Å². The molecule has 0 amide bonds. The number of carbonyl (C=O) groups excluding carboxylic acids is 4. The summed E-state index contributed by atoms with van der Waals surface area (Å²) in [6, 6.07) is 0. The third kappa shape index (κ3) is 87.9. The average Bonchev–Trinajstić information content (AvgIpc) is 0.898. The maximum absolute atomic E-state index is 13.2. The smallest absolute Gasteiger partial charge is 0.462 e. The highest BCUT2D eigenvalue weighted by Gasteiger charge is 2.31. The summed E-state index contributed by atoms with van der Waals surface area (Å²) in [7, 11) is -9.94. The second kappa shape index (κ2) is 87.4. The third-order valence-corrected chi connectivity index (χ3v) is 24.4. The zero-order valence-electron chi connectivity index (χ0n) is 75.2. The summed E-state index contributed by atoms with van der Waals surface area (Å²) in [5, 5.41) is 10.7. The molecule has 0 aliphatic rings. The first-order valence-electron chi connectivity index (χ1n) is 49.1. The fourth-order valence-electron chi connectivity index (χ4n) is 15.1. The SMILES string of the molecule is CCCCCCCCCCCCCCCCCCCCCCCCC(=O)O[C@H](COC(=O)CCCCCCCCCCCCCCCCCCCCCCC)COP(=O)(O)OC[C@@H](O)COP(=O)(O)OC[C@@H](COC(=O)CCCCCCCCCCC(C)C)OC(=O)CCCCCCCCCCCCCCCCCCCCCC. The zero-order valence-corrected chi connectivity index (χ0v) is 77.0. The van der Waals surface area contributed by atoms with Crippen LogP contribution in [0.3, 0.4) is 0 Å². The standard InChI is InChI=1S/C95H186O17P2/c1-6-9-12-15-18-21-24-27-30-33-36-39-41-44-47-50-53-56-59-66-71-75-80-94(99)111-90(84-105-92(97)78-73-68-63-57-54-51-48-45-43-40-37-34-31-28-25-22-19-16-13-10-7-2)86-109-113(101,102)107-82-89(96)83-108-114(103,104)110-87-91(85-106-93(98)79-74-69-64-61-60-62-67-72-77-88(4)5)112-95(100)81-76-70-65-58-55-52-49-46-42-38-35-32-29-26-23-20-17-14-11-8-3/h88-91,96H,6-87H2,1-5H3,(H,101,102)(H,103,104)/t89-,90-,91-/m1/s1. The van der Waals surface area contributed by atoms with Gasteiger partial charge in [0.25, 0.3) is 0 Å². The number of hydrogen-bond donors (Lipinski definition) is 3. The van der Waals surface area contributed by atoms with Gasteiger partial charge in [-0.05, 0) is 31.6 Å². The first-order valence-corrected chi connectivity index (χ1v) is 52.1. The van der Waals surface area contributed by atoms with Crippen LogP contribution in [0.4, 0.5) is 0 Å². The number of esters is 4. The summed E-state index contributed by atoms with van der Waals surface area (Å²) in [5.74, 6) is -1.37. The maximum Gasteiger partial charge on any atom is 0.472 e. The molecule has 0 saturated carbocycles. The number of ether oxygens (including phenoxy) is 4. The Morgan fingerprint density at radius 1 is 0.237 bits per heavy atom. The average molecular weight is 1660 g/mol. The Balaban J connectivity index is 5.22. The molecule has 17 nitrogen and oxygen atoms in total. The lowest BCUT2D eigenvalue weighted by molar-refractivity contribution is -0.161. The van der Waals surface area contributed by atoms with Crippen LogP contribution in [0.5, 0.6) is 0 Å². The van der Waals surface area contributed by atoms with Crippen LogP contribution in [-0.4, -0.2) is 96.7 Å². The Morgan fingerprint density at radius 3 is 0.596 bits per heavy atom.